The smallest absolute Gasteiger partial charge is 0.262 e. The molecule has 2 rings (SSSR count). The molecule has 1 amide bonds. The SMILES string of the molecule is Cc1ccc(NC(=O)COc2ccccc2CNCCCNCCO)cc1. The summed E-state index contributed by atoms with van der Waals surface area (Å²) in [5, 5.41) is 18.1. The first-order chi connectivity index (χ1) is 13.2. The van der Waals surface area contributed by atoms with Gasteiger partial charge >= 0.3 is 0 Å². The van der Waals surface area contributed by atoms with E-state index in [4.69, 9.17) is 9.84 Å². The fourth-order valence-electron chi connectivity index (χ4n) is 2.53. The molecule has 0 radical (unpaired) electrons. The van der Waals surface area contributed by atoms with Crippen molar-refractivity contribution in [2.75, 3.05) is 38.2 Å². The number of hydrogen-bond acceptors (Lipinski definition) is 5. The number of rotatable bonds is 12. The van der Waals surface area contributed by atoms with Crippen LogP contribution in [0.1, 0.15) is 17.5 Å². The Kier molecular flexibility index (Phi) is 9.34. The first kappa shape index (κ1) is 20.9. The minimum Gasteiger partial charge on any atom is -0.483 e. The zero-order valence-electron chi connectivity index (χ0n) is 15.8. The second-order valence-electron chi connectivity index (χ2n) is 6.31. The summed E-state index contributed by atoms with van der Waals surface area (Å²) in [4.78, 5) is 12.1. The lowest BCUT2D eigenvalue weighted by atomic mass is 10.2. The number of aryl methyl sites for hydroxylation is 1. The van der Waals surface area contributed by atoms with E-state index in [2.05, 4.69) is 16.0 Å². The first-order valence-corrected chi connectivity index (χ1v) is 9.28. The van der Waals surface area contributed by atoms with E-state index in [0.29, 0.717) is 18.8 Å². The molecule has 27 heavy (non-hydrogen) atoms. The quantitative estimate of drug-likeness (QED) is 0.430. The van der Waals surface area contributed by atoms with E-state index >= 15 is 0 Å². The fourth-order valence-corrected chi connectivity index (χ4v) is 2.53. The summed E-state index contributed by atoms with van der Waals surface area (Å²) >= 11 is 0. The van der Waals surface area contributed by atoms with Crippen molar-refractivity contribution >= 4 is 11.6 Å². The number of anilines is 1. The molecule has 6 heteroatoms. The van der Waals surface area contributed by atoms with Gasteiger partial charge in [-0.1, -0.05) is 35.9 Å². The monoisotopic (exact) mass is 371 g/mol. The van der Waals surface area contributed by atoms with Crippen molar-refractivity contribution in [2.45, 2.75) is 19.9 Å². The van der Waals surface area contributed by atoms with Crippen LogP contribution in [0.15, 0.2) is 48.5 Å². The van der Waals surface area contributed by atoms with Gasteiger partial charge in [-0.2, -0.15) is 0 Å². The molecule has 0 atom stereocenters. The number of amides is 1. The van der Waals surface area contributed by atoms with Gasteiger partial charge in [0.2, 0.25) is 0 Å². The van der Waals surface area contributed by atoms with Crippen molar-refractivity contribution in [2.24, 2.45) is 0 Å². The van der Waals surface area contributed by atoms with Crippen LogP contribution in [0.4, 0.5) is 5.69 Å². The van der Waals surface area contributed by atoms with Crippen LogP contribution in [0.2, 0.25) is 0 Å². The number of para-hydroxylation sites is 1. The highest BCUT2D eigenvalue weighted by molar-refractivity contribution is 5.91. The Balaban J connectivity index is 1.74. The summed E-state index contributed by atoms with van der Waals surface area (Å²) in [6, 6.07) is 15.4. The van der Waals surface area contributed by atoms with E-state index in [1.165, 1.54) is 0 Å². The van der Waals surface area contributed by atoms with E-state index in [-0.39, 0.29) is 19.1 Å². The van der Waals surface area contributed by atoms with Crippen LogP contribution in [0.5, 0.6) is 5.75 Å². The topological polar surface area (TPSA) is 82.6 Å². The third-order valence-electron chi connectivity index (χ3n) is 3.98. The number of ether oxygens (including phenoxy) is 1. The van der Waals surface area contributed by atoms with Crippen molar-refractivity contribution in [1.29, 1.82) is 0 Å². The van der Waals surface area contributed by atoms with E-state index in [0.717, 1.165) is 36.3 Å². The van der Waals surface area contributed by atoms with Gasteiger partial charge in [-0.3, -0.25) is 4.79 Å². The molecule has 0 aromatic heterocycles. The summed E-state index contributed by atoms with van der Waals surface area (Å²) in [6.07, 6.45) is 0.974. The van der Waals surface area contributed by atoms with E-state index < -0.39 is 0 Å². The number of aliphatic hydroxyl groups excluding tert-OH is 1. The molecule has 0 aliphatic heterocycles. The molecule has 0 heterocycles. The number of nitrogens with one attached hydrogen (secondary N) is 3. The molecule has 0 bridgehead atoms. The van der Waals surface area contributed by atoms with Gasteiger partial charge in [-0.25, -0.2) is 0 Å². The van der Waals surface area contributed by atoms with Crippen molar-refractivity contribution in [3.05, 3.63) is 59.7 Å². The fraction of sp³-hybridized carbons (Fsp3) is 0.381. The van der Waals surface area contributed by atoms with Crippen molar-refractivity contribution in [3.63, 3.8) is 0 Å². The van der Waals surface area contributed by atoms with Crippen LogP contribution in [-0.4, -0.2) is 43.9 Å². The predicted octanol–water partition coefficient (Wildman–Crippen LogP) is 2.07. The Morgan fingerprint density at radius 3 is 2.52 bits per heavy atom. The Morgan fingerprint density at radius 2 is 1.74 bits per heavy atom. The number of carbonyl (C=O) groups excluding carboxylic acids is 1. The average Bonchev–Trinajstić information content (AvgIpc) is 2.68. The number of hydrogen-bond donors (Lipinski definition) is 4. The van der Waals surface area contributed by atoms with Gasteiger partial charge in [0.25, 0.3) is 5.91 Å². The number of aliphatic hydroxyl groups is 1. The van der Waals surface area contributed by atoms with E-state index in [1.807, 2.05) is 55.5 Å². The van der Waals surface area contributed by atoms with Gasteiger partial charge < -0.3 is 25.8 Å². The molecular formula is C21H29N3O3. The summed E-state index contributed by atoms with van der Waals surface area (Å²) in [5.41, 5.74) is 2.93. The van der Waals surface area contributed by atoms with Gasteiger partial charge in [0, 0.05) is 24.3 Å². The Bertz CT molecular complexity index is 689. The third kappa shape index (κ3) is 8.21. The lowest BCUT2D eigenvalue weighted by Gasteiger charge is -2.12. The molecule has 0 aliphatic rings. The molecule has 0 aliphatic carbocycles. The molecule has 4 N–H and O–H groups in total. The third-order valence-corrected chi connectivity index (χ3v) is 3.98. The minimum atomic E-state index is -0.184. The molecule has 0 saturated heterocycles. The Hall–Kier alpha value is -2.41. The van der Waals surface area contributed by atoms with Crippen molar-refractivity contribution in [1.82, 2.24) is 10.6 Å². The lowest BCUT2D eigenvalue weighted by Crippen LogP contribution is -2.24. The predicted molar refractivity (Wildman–Crippen MR) is 108 cm³/mol. The molecule has 0 saturated carbocycles. The maximum absolute atomic E-state index is 12.1. The van der Waals surface area contributed by atoms with Crippen LogP contribution >= 0.6 is 0 Å². The zero-order chi connectivity index (χ0) is 19.3. The summed E-state index contributed by atoms with van der Waals surface area (Å²) in [6.45, 7) is 5.17. The number of carbonyl (C=O) groups is 1. The summed E-state index contributed by atoms with van der Waals surface area (Å²) < 4.78 is 5.71. The van der Waals surface area contributed by atoms with Gasteiger partial charge in [0.1, 0.15) is 5.75 Å². The second kappa shape index (κ2) is 12.1. The average molecular weight is 371 g/mol. The Labute approximate surface area is 160 Å². The van der Waals surface area contributed by atoms with Crippen molar-refractivity contribution < 1.29 is 14.6 Å². The lowest BCUT2D eigenvalue weighted by molar-refractivity contribution is -0.118. The molecular weight excluding hydrogens is 342 g/mol. The highest BCUT2D eigenvalue weighted by atomic mass is 16.5. The highest BCUT2D eigenvalue weighted by Crippen LogP contribution is 2.18. The molecule has 146 valence electrons. The largest absolute Gasteiger partial charge is 0.483 e. The van der Waals surface area contributed by atoms with Crippen molar-refractivity contribution in [3.8, 4) is 5.75 Å². The number of benzene rings is 2. The first-order valence-electron chi connectivity index (χ1n) is 9.28. The second-order valence-corrected chi connectivity index (χ2v) is 6.31. The summed E-state index contributed by atoms with van der Waals surface area (Å²) in [7, 11) is 0. The maximum Gasteiger partial charge on any atom is 0.262 e. The van der Waals surface area contributed by atoms with Crippen LogP contribution in [0, 0.1) is 6.92 Å². The van der Waals surface area contributed by atoms with Gasteiger partial charge in [0.15, 0.2) is 6.61 Å². The van der Waals surface area contributed by atoms with Crippen LogP contribution in [0.25, 0.3) is 0 Å². The molecule has 0 spiro atoms. The highest BCUT2D eigenvalue weighted by Gasteiger charge is 2.07. The van der Waals surface area contributed by atoms with E-state index in [9.17, 15) is 4.79 Å². The van der Waals surface area contributed by atoms with Crippen LogP contribution in [-0.2, 0) is 11.3 Å². The van der Waals surface area contributed by atoms with Crippen LogP contribution < -0.4 is 20.7 Å². The molecule has 2 aromatic rings. The normalized spacial score (nSPS) is 10.6. The molecule has 0 fully saturated rings. The standard InChI is InChI=1S/C21H29N3O3/c1-17-7-9-19(10-8-17)24-21(26)16-27-20-6-3-2-5-18(20)15-23-12-4-11-22-13-14-25/h2-3,5-10,22-23,25H,4,11-16H2,1H3,(H,24,26). The molecule has 0 unspecified atom stereocenters. The zero-order valence-corrected chi connectivity index (χ0v) is 15.8. The van der Waals surface area contributed by atoms with Gasteiger partial charge in [-0.15, -0.1) is 0 Å². The van der Waals surface area contributed by atoms with Crippen LogP contribution in [0.3, 0.4) is 0 Å². The van der Waals surface area contributed by atoms with E-state index in [1.54, 1.807) is 0 Å². The minimum absolute atomic E-state index is 0.0318. The Morgan fingerprint density at radius 1 is 1.00 bits per heavy atom. The molecule has 2 aromatic carbocycles. The maximum atomic E-state index is 12.1. The van der Waals surface area contributed by atoms with Gasteiger partial charge in [0.05, 0.1) is 6.61 Å². The van der Waals surface area contributed by atoms with Gasteiger partial charge in [-0.05, 0) is 44.6 Å². The summed E-state index contributed by atoms with van der Waals surface area (Å²) in [5.74, 6) is 0.527. The molecule has 6 nitrogen and oxygen atoms in total.